The number of hydrogen-bond acceptors (Lipinski definition) is 5. The molecule has 6 nitrogen and oxygen atoms in total. The summed E-state index contributed by atoms with van der Waals surface area (Å²) in [5, 5.41) is 2.77. The summed E-state index contributed by atoms with van der Waals surface area (Å²) < 4.78 is 27.5. The zero-order chi connectivity index (χ0) is 18.1. The Labute approximate surface area is 153 Å². The number of rotatable bonds is 7. The van der Waals surface area contributed by atoms with Crippen LogP contribution in [-0.4, -0.2) is 38.2 Å². The number of sulfonamides is 1. The maximum Gasteiger partial charge on any atom is 0.262 e. The Kier molecular flexibility index (Phi) is 7.77. The van der Waals surface area contributed by atoms with Crippen LogP contribution < -0.4 is 10.0 Å². The lowest BCUT2D eigenvalue weighted by Gasteiger charge is -2.10. The quantitative estimate of drug-likeness (QED) is 0.709. The van der Waals surface area contributed by atoms with Crippen molar-refractivity contribution >= 4 is 39.2 Å². The minimum Gasteiger partial charge on any atom is -0.325 e. The molecular weight excluding hydrogens is 358 g/mol. The molecule has 0 saturated heterocycles. The topological polar surface area (TPSA) is 87.6 Å². The fourth-order valence-electron chi connectivity index (χ4n) is 2.40. The third-order valence-corrected chi connectivity index (χ3v) is 6.22. The highest BCUT2D eigenvalue weighted by atomic mass is 32.2. The number of carbonyl (C=O) groups excluding carboxylic acids is 1. The first kappa shape index (κ1) is 19.8. The van der Waals surface area contributed by atoms with Gasteiger partial charge in [-0.3, -0.25) is 14.5 Å². The molecule has 0 atom stereocenters. The molecule has 0 aromatic heterocycles. The fraction of sp³-hybridized carbons (Fsp3) is 0.529. The van der Waals surface area contributed by atoms with Crippen molar-refractivity contribution in [1.82, 2.24) is 4.72 Å². The summed E-state index contributed by atoms with van der Waals surface area (Å²) in [6.07, 6.45) is 4.70. The van der Waals surface area contributed by atoms with E-state index < -0.39 is 10.0 Å². The van der Waals surface area contributed by atoms with Gasteiger partial charge in [-0.15, -0.1) is 0 Å². The Morgan fingerprint density at radius 1 is 1.20 bits per heavy atom. The van der Waals surface area contributed by atoms with Crippen molar-refractivity contribution in [3.63, 3.8) is 0 Å². The Bertz CT molecular complexity index is 700. The van der Waals surface area contributed by atoms with Gasteiger partial charge < -0.3 is 5.32 Å². The van der Waals surface area contributed by atoms with E-state index >= 15 is 0 Å². The van der Waals surface area contributed by atoms with Gasteiger partial charge >= 0.3 is 0 Å². The molecule has 0 radical (unpaired) electrons. The van der Waals surface area contributed by atoms with E-state index in [4.69, 9.17) is 0 Å². The molecule has 1 aromatic rings. The summed E-state index contributed by atoms with van der Waals surface area (Å²) in [6, 6.07) is 6.19. The van der Waals surface area contributed by atoms with E-state index in [0.29, 0.717) is 30.2 Å². The molecule has 0 fully saturated rings. The van der Waals surface area contributed by atoms with Gasteiger partial charge in [-0.25, -0.2) is 8.42 Å². The Hall–Kier alpha value is -1.54. The number of carbonyl (C=O) groups is 1. The summed E-state index contributed by atoms with van der Waals surface area (Å²) in [7, 11) is -3.64. The minimum atomic E-state index is -3.64. The van der Waals surface area contributed by atoms with E-state index in [1.54, 1.807) is 23.9 Å². The van der Waals surface area contributed by atoms with Gasteiger partial charge in [0.25, 0.3) is 10.0 Å². The molecule has 0 spiro atoms. The van der Waals surface area contributed by atoms with Crippen LogP contribution >= 0.6 is 11.8 Å². The van der Waals surface area contributed by atoms with Crippen LogP contribution in [0.1, 0.15) is 39.0 Å². The van der Waals surface area contributed by atoms with Gasteiger partial charge in [0.2, 0.25) is 5.91 Å². The molecule has 1 amide bonds. The third-order valence-electron chi connectivity index (χ3n) is 3.66. The highest BCUT2D eigenvalue weighted by Crippen LogP contribution is 2.16. The van der Waals surface area contributed by atoms with Crippen molar-refractivity contribution in [2.45, 2.75) is 43.9 Å². The Balaban J connectivity index is 1.95. The molecule has 1 heterocycles. The lowest BCUT2D eigenvalue weighted by Crippen LogP contribution is -2.30. The second kappa shape index (κ2) is 9.82. The standard InChI is InChI=1S/C17H25N3O3S2/c1-2-12-24-13-17(21)19-14-7-9-15(10-8-14)25(22,23)20-16-6-4-3-5-11-18-16/h7-10H,2-6,11-13H2,1H3,(H,18,20)(H,19,21). The predicted octanol–water partition coefficient (Wildman–Crippen LogP) is 3.02. The molecule has 0 unspecified atom stereocenters. The third kappa shape index (κ3) is 6.70. The average molecular weight is 384 g/mol. The number of benzene rings is 1. The minimum absolute atomic E-state index is 0.0833. The number of anilines is 1. The zero-order valence-corrected chi connectivity index (χ0v) is 16.1. The van der Waals surface area contributed by atoms with Crippen molar-refractivity contribution in [2.24, 2.45) is 4.99 Å². The second-order valence-electron chi connectivity index (χ2n) is 5.87. The van der Waals surface area contributed by atoms with Gasteiger partial charge in [-0.1, -0.05) is 13.3 Å². The van der Waals surface area contributed by atoms with E-state index in [2.05, 4.69) is 22.0 Å². The van der Waals surface area contributed by atoms with E-state index in [1.807, 2.05) is 0 Å². The first-order valence-electron chi connectivity index (χ1n) is 8.55. The van der Waals surface area contributed by atoms with Crippen LogP contribution in [0.25, 0.3) is 0 Å². The number of amides is 1. The van der Waals surface area contributed by atoms with Crippen LogP contribution in [-0.2, 0) is 14.8 Å². The van der Waals surface area contributed by atoms with Gasteiger partial charge in [0.05, 0.1) is 10.6 Å². The van der Waals surface area contributed by atoms with E-state index in [-0.39, 0.29) is 10.8 Å². The lowest BCUT2D eigenvalue weighted by molar-refractivity contribution is -0.113. The smallest absolute Gasteiger partial charge is 0.262 e. The molecule has 0 saturated carbocycles. The average Bonchev–Trinajstić information content (AvgIpc) is 2.84. The number of hydrogen-bond donors (Lipinski definition) is 2. The van der Waals surface area contributed by atoms with Crippen molar-refractivity contribution in [1.29, 1.82) is 0 Å². The molecular formula is C17H25N3O3S2. The van der Waals surface area contributed by atoms with Gasteiger partial charge in [0, 0.05) is 18.7 Å². The van der Waals surface area contributed by atoms with Gasteiger partial charge in [-0.05, 0) is 49.3 Å². The van der Waals surface area contributed by atoms with Gasteiger partial charge in [-0.2, -0.15) is 11.8 Å². The maximum absolute atomic E-state index is 12.4. The normalized spacial score (nSPS) is 15.2. The zero-order valence-electron chi connectivity index (χ0n) is 14.5. The summed E-state index contributed by atoms with van der Waals surface area (Å²) in [5.74, 6) is 1.79. The first-order chi connectivity index (χ1) is 12.0. The molecule has 1 aliphatic heterocycles. The number of aliphatic imine (C=N–C) groups is 1. The summed E-state index contributed by atoms with van der Waals surface area (Å²) >= 11 is 1.58. The highest BCUT2D eigenvalue weighted by molar-refractivity contribution is 7.99. The molecule has 25 heavy (non-hydrogen) atoms. The first-order valence-corrected chi connectivity index (χ1v) is 11.2. The van der Waals surface area contributed by atoms with Crippen LogP contribution in [0.5, 0.6) is 0 Å². The largest absolute Gasteiger partial charge is 0.325 e. The van der Waals surface area contributed by atoms with E-state index in [1.165, 1.54) is 12.1 Å². The number of amidine groups is 1. The van der Waals surface area contributed by atoms with Gasteiger partial charge in [0.15, 0.2) is 0 Å². The van der Waals surface area contributed by atoms with Crippen LogP contribution in [0.3, 0.4) is 0 Å². The van der Waals surface area contributed by atoms with E-state index in [9.17, 15) is 13.2 Å². The maximum atomic E-state index is 12.4. The SMILES string of the molecule is CCCSCC(=O)Nc1ccc(S(=O)(=O)NC2=NCCCCC2)cc1. The molecule has 8 heteroatoms. The second-order valence-corrected chi connectivity index (χ2v) is 8.66. The molecule has 2 N–H and O–H groups in total. The van der Waals surface area contributed by atoms with Crippen molar-refractivity contribution in [3.8, 4) is 0 Å². The van der Waals surface area contributed by atoms with Crippen LogP contribution in [0.2, 0.25) is 0 Å². The van der Waals surface area contributed by atoms with Crippen LogP contribution in [0.15, 0.2) is 34.2 Å². The van der Waals surface area contributed by atoms with Gasteiger partial charge in [0.1, 0.15) is 5.84 Å². The number of nitrogens with one attached hydrogen (secondary N) is 2. The highest BCUT2D eigenvalue weighted by Gasteiger charge is 2.17. The Morgan fingerprint density at radius 3 is 2.68 bits per heavy atom. The fourth-order valence-corrected chi connectivity index (χ4v) is 4.17. The van der Waals surface area contributed by atoms with E-state index in [0.717, 1.165) is 31.4 Å². The number of thioether (sulfide) groups is 1. The monoisotopic (exact) mass is 383 g/mol. The van der Waals surface area contributed by atoms with Crippen molar-refractivity contribution in [3.05, 3.63) is 24.3 Å². The van der Waals surface area contributed by atoms with Crippen LogP contribution in [0, 0.1) is 0 Å². The Morgan fingerprint density at radius 2 is 1.96 bits per heavy atom. The molecule has 0 bridgehead atoms. The molecule has 138 valence electrons. The van der Waals surface area contributed by atoms with Crippen molar-refractivity contribution < 1.29 is 13.2 Å². The lowest BCUT2D eigenvalue weighted by atomic mass is 10.2. The van der Waals surface area contributed by atoms with Crippen molar-refractivity contribution in [2.75, 3.05) is 23.4 Å². The number of nitrogens with zero attached hydrogens (tertiary/aromatic N) is 1. The predicted molar refractivity (Wildman–Crippen MR) is 104 cm³/mol. The summed E-state index contributed by atoms with van der Waals surface area (Å²) in [4.78, 5) is 16.2. The summed E-state index contributed by atoms with van der Waals surface area (Å²) in [6.45, 7) is 2.73. The molecule has 1 aliphatic rings. The molecule has 1 aromatic carbocycles. The van der Waals surface area contributed by atoms with Crippen LogP contribution in [0.4, 0.5) is 5.69 Å². The molecule has 0 aliphatic carbocycles. The molecule has 2 rings (SSSR count). The summed E-state index contributed by atoms with van der Waals surface area (Å²) in [5.41, 5.74) is 0.591.